The number of benzene rings is 1. The molecular weight excluding hydrogens is 358 g/mol. The summed E-state index contributed by atoms with van der Waals surface area (Å²) in [4.78, 5) is 35.8. The molecule has 1 aliphatic rings. The average Bonchev–Trinajstić information content (AvgIpc) is 3.42. The fourth-order valence-corrected chi connectivity index (χ4v) is 2.55. The van der Waals surface area contributed by atoms with E-state index >= 15 is 0 Å². The first-order valence-corrected chi connectivity index (χ1v) is 9.44. The lowest BCUT2D eigenvalue weighted by atomic mass is 10.1. The molecule has 0 radical (unpaired) electrons. The maximum Gasteiger partial charge on any atom is 0.408 e. The molecule has 2 rings (SSSR count). The number of carbonyl (C=O) groups excluding carboxylic acids is 3. The summed E-state index contributed by atoms with van der Waals surface area (Å²) in [6, 6.07) is 7.27. The molecule has 0 saturated heterocycles. The van der Waals surface area contributed by atoms with E-state index in [2.05, 4.69) is 16.0 Å². The lowest BCUT2D eigenvalue weighted by molar-refractivity contribution is -0.120. The molecule has 0 aliphatic heterocycles. The van der Waals surface area contributed by atoms with Gasteiger partial charge in [0.2, 0.25) is 11.8 Å². The molecule has 0 unspecified atom stereocenters. The number of para-hydroxylation sites is 1. The highest BCUT2D eigenvalue weighted by Gasteiger charge is 2.23. The van der Waals surface area contributed by atoms with Crippen molar-refractivity contribution in [3.05, 3.63) is 41.5 Å². The first-order chi connectivity index (χ1) is 13.1. The van der Waals surface area contributed by atoms with E-state index in [0.717, 1.165) is 24.0 Å². The quantitative estimate of drug-likeness (QED) is 0.626. The van der Waals surface area contributed by atoms with E-state index in [1.54, 1.807) is 32.9 Å². The van der Waals surface area contributed by atoms with Crippen molar-refractivity contribution >= 4 is 23.6 Å². The third-order valence-electron chi connectivity index (χ3n) is 4.12. The van der Waals surface area contributed by atoms with Gasteiger partial charge in [-0.05, 0) is 58.1 Å². The monoisotopic (exact) mass is 387 g/mol. The third kappa shape index (κ3) is 7.82. The Balaban J connectivity index is 1.83. The Hall–Kier alpha value is -2.83. The van der Waals surface area contributed by atoms with Crippen molar-refractivity contribution in [2.45, 2.75) is 52.7 Å². The Morgan fingerprint density at radius 3 is 2.46 bits per heavy atom. The van der Waals surface area contributed by atoms with Gasteiger partial charge in [-0.2, -0.15) is 0 Å². The van der Waals surface area contributed by atoms with Crippen molar-refractivity contribution in [2.24, 2.45) is 5.92 Å². The summed E-state index contributed by atoms with van der Waals surface area (Å²) in [6.07, 6.45) is 3.29. The van der Waals surface area contributed by atoms with Gasteiger partial charge < -0.3 is 20.7 Å². The standard InChI is InChI=1S/C21H29N3O4/c1-14(15-9-10-15)11-18(25)24-17-8-6-5-7-16(17)12-22-19(26)13-23-20(27)28-21(2,3)4/h5-8,11,15H,9-10,12-13H2,1-4H3,(H,22,26)(H,23,27)(H,24,25)/b14-11+. The molecule has 152 valence electrons. The Kier molecular flexibility index (Phi) is 7.20. The molecule has 0 bridgehead atoms. The highest BCUT2D eigenvalue weighted by atomic mass is 16.6. The predicted octanol–water partition coefficient (Wildman–Crippen LogP) is 3.12. The smallest absolute Gasteiger partial charge is 0.408 e. The molecule has 28 heavy (non-hydrogen) atoms. The van der Waals surface area contributed by atoms with Gasteiger partial charge in [-0.1, -0.05) is 23.8 Å². The van der Waals surface area contributed by atoms with Crippen LogP contribution >= 0.6 is 0 Å². The summed E-state index contributed by atoms with van der Waals surface area (Å²) < 4.78 is 5.08. The Morgan fingerprint density at radius 2 is 1.82 bits per heavy atom. The summed E-state index contributed by atoms with van der Waals surface area (Å²) >= 11 is 0. The number of nitrogens with one attached hydrogen (secondary N) is 3. The number of carbonyl (C=O) groups is 3. The number of rotatable bonds is 7. The third-order valence-corrected chi connectivity index (χ3v) is 4.12. The Bertz CT molecular complexity index is 761. The summed E-state index contributed by atoms with van der Waals surface area (Å²) in [6.45, 7) is 7.27. The van der Waals surface area contributed by atoms with E-state index in [1.807, 2.05) is 25.1 Å². The Labute approximate surface area is 165 Å². The molecule has 3 amide bonds. The van der Waals surface area contributed by atoms with Gasteiger partial charge in [0.1, 0.15) is 12.1 Å². The summed E-state index contributed by atoms with van der Waals surface area (Å²) in [5.41, 5.74) is 1.90. The van der Waals surface area contributed by atoms with Crippen LogP contribution in [0.3, 0.4) is 0 Å². The van der Waals surface area contributed by atoms with Crippen LogP contribution in [0.4, 0.5) is 10.5 Å². The van der Waals surface area contributed by atoms with Crippen LogP contribution in [0, 0.1) is 5.92 Å². The van der Waals surface area contributed by atoms with E-state index in [-0.39, 0.29) is 24.9 Å². The van der Waals surface area contributed by atoms with E-state index < -0.39 is 11.7 Å². The predicted molar refractivity (Wildman–Crippen MR) is 108 cm³/mol. The van der Waals surface area contributed by atoms with Gasteiger partial charge in [0.05, 0.1) is 0 Å². The van der Waals surface area contributed by atoms with Gasteiger partial charge >= 0.3 is 6.09 Å². The lowest BCUT2D eigenvalue weighted by Crippen LogP contribution is -2.39. The minimum Gasteiger partial charge on any atom is -0.444 e. The van der Waals surface area contributed by atoms with Crippen molar-refractivity contribution in [3.8, 4) is 0 Å². The van der Waals surface area contributed by atoms with Gasteiger partial charge in [0, 0.05) is 18.3 Å². The number of alkyl carbamates (subject to hydrolysis) is 1. The summed E-state index contributed by atoms with van der Waals surface area (Å²) in [7, 11) is 0. The zero-order valence-electron chi connectivity index (χ0n) is 16.9. The molecule has 1 aromatic rings. The second-order valence-corrected chi connectivity index (χ2v) is 7.94. The highest BCUT2D eigenvalue weighted by Crippen LogP contribution is 2.35. The van der Waals surface area contributed by atoms with Crippen LogP contribution in [0.2, 0.25) is 0 Å². The Morgan fingerprint density at radius 1 is 1.14 bits per heavy atom. The van der Waals surface area contributed by atoms with Crippen LogP contribution in [0.1, 0.15) is 46.1 Å². The largest absolute Gasteiger partial charge is 0.444 e. The van der Waals surface area contributed by atoms with Gasteiger partial charge in [-0.3, -0.25) is 9.59 Å². The topological polar surface area (TPSA) is 96.5 Å². The van der Waals surface area contributed by atoms with Crippen LogP contribution in [0.15, 0.2) is 35.9 Å². The van der Waals surface area contributed by atoms with E-state index in [4.69, 9.17) is 4.74 Å². The number of anilines is 1. The molecular formula is C21H29N3O4. The molecule has 0 spiro atoms. The van der Waals surface area contributed by atoms with Gasteiger partial charge in [-0.25, -0.2) is 4.79 Å². The molecule has 1 aliphatic carbocycles. The molecule has 1 aromatic carbocycles. The first-order valence-electron chi connectivity index (χ1n) is 9.44. The van der Waals surface area contributed by atoms with E-state index in [9.17, 15) is 14.4 Å². The fraction of sp³-hybridized carbons (Fsp3) is 0.476. The second kappa shape index (κ2) is 9.39. The molecule has 7 nitrogen and oxygen atoms in total. The highest BCUT2D eigenvalue weighted by molar-refractivity contribution is 6.00. The molecule has 7 heteroatoms. The zero-order valence-corrected chi connectivity index (χ0v) is 16.9. The van der Waals surface area contributed by atoms with Crippen molar-refractivity contribution < 1.29 is 19.1 Å². The van der Waals surface area contributed by atoms with Crippen LogP contribution in [-0.4, -0.2) is 30.1 Å². The van der Waals surface area contributed by atoms with Crippen molar-refractivity contribution in [1.82, 2.24) is 10.6 Å². The number of hydrogen-bond acceptors (Lipinski definition) is 4. The molecule has 1 fully saturated rings. The fourth-order valence-electron chi connectivity index (χ4n) is 2.55. The van der Waals surface area contributed by atoms with Gasteiger partial charge in [-0.15, -0.1) is 0 Å². The van der Waals surface area contributed by atoms with E-state index in [1.165, 1.54) is 0 Å². The molecule has 3 N–H and O–H groups in total. The van der Waals surface area contributed by atoms with Crippen molar-refractivity contribution in [2.75, 3.05) is 11.9 Å². The normalized spacial score (nSPS) is 14.2. The lowest BCUT2D eigenvalue weighted by Gasteiger charge is -2.19. The minimum absolute atomic E-state index is 0.172. The zero-order chi connectivity index (χ0) is 20.7. The minimum atomic E-state index is -0.645. The van der Waals surface area contributed by atoms with Crippen molar-refractivity contribution in [1.29, 1.82) is 0 Å². The maximum atomic E-state index is 12.2. The molecule has 1 saturated carbocycles. The average molecular weight is 387 g/mol. The van der Waals surface area contributed by atoms with Crippen LogP contribution in [0.25, 0.3) is 0 Å². The number of ether oxygens (including phenoxy) is 1. The first kappa shape index (κ1) is 21.5. The number of hydrogen-bond donors (Lipinski definition) is 3. The molecule has 0 heterocycles. The summed E-state index contributed by atoms with van der Waals surface area (Å²) in [5, 5.41) is 8.00. The van der Waals surface area contributed by atoms with Crippen molar-refractivity contribution in [3.63, 3.8) is 0 Å². The van der Waals surface area contributed by atoms with Gasteiger partial charge in [0.15, 0.2) is 0 Å². The second-order valence-electron chi connectivity index (χ2n) is 7.94. The van der Waals surface area contributed by atoms with Crippen LogP contribution in [-0.2, 0) is 20.9 Å². The SMILES string of the molecule is C/C(=C\C(=O)Nc1ccccc1CNC(=O)CNC(=O)OC(C)(C)C)C1CC1. The molecule has 0 aromatic heterocycles. The van der Waals surface area contributed by atoms with Gasteiger partial charge in [0.25, 0.3) is 0 Å². The van der Waals surface area contributed by atoms with E-state index in [0.29, 0.717) is 11.6 Å². The number of amides is 3. The van der Waals surface area contributed by atoms with Crippen LogP contribution in [0.5, 0.6) is 0 Å². The number of allylic oxidation sites excluding steroid dienone is 1. The maximum absolute atomic E-state index is 12.2. The molecule has 0 atom stereocenters. The summed E-state index contributed by atoms with van der Waals surface area (Å²) in [5.74, 6) is 0.0176. The van der Waals surface area contributed by atoms with Crippen LogP contribution < -0.4 is 16.0 Å².